The van der Waals surface area contributed by atoms with Gasteiger partial charge in [0, 0.05) is 25.0 Å². The van der Waals surface area contributed by atoms with Crippen LogP contribution in [0.5, 0.6) is 0 Å². The zero-order valence-corrected chi connectivity index (χ0v) is 8.32. The molecule has 0 aromatic carbocycles. The smallest absolute Gasteiger partial charge is 0.0473 e. The fourth-order valence-corrected chi connectivity index (χ4v) is 1.54. The summed E-state index contributed by atoms with van der Waals surface area (Å²) in [6.45, 7) is 5.78. The molecule has 0 aliphatic carbocycles. The molecule has 1 atom stereocenters. The van der Waals surface area contributed by atoms with Crippen molar-refractivity contribution in [1.82, 2.24) is 0 Å². The quantitative estimate of drug-likeness (QED) is 0.598. The molecule has 2 nitrogen and oxygen atoms in total. The Kier molecular flexibility index (Phi) is 8.57. The molecule has 0 amide bonds. The van der Waals surface area contributed by atoms with Crippen molar-refractivity contribution in [3.05, 3.63) is 0 Å². The molecule has 0 spiro atoms. The van der Waals surface area contributed by atoms with Gasteiger partial charge in [-0.25, -0.2) is 0 Å². The molecule has 0 aliphatic rings. The van der Waals surface area contributed by atoms with Gasteiger partial charge in [0.15, 0.2) is 0 Å². The van der Waals surface area contributed by atoms with Gasteiger partial charge in [-0.2, -0.15) is 11.8 Å². The normalized spacial score (nSPS) is 13.4. The molecule has 0 rings (SSSR count). The van der Waals surface area contributed by atoms with E-state index in [2.05, 4.69) is 0 Å². The van der Waals surface area contributed by atoms with Gasteiger partial charge in [-0.3, -0.25) is 0 Å². The van der Waals surface area contributed by atoms with Crippen molar-refractivity contribution in [2.75, 3.05) is 24.7 Å². The van der Waals surface area contributed by atoms with E-state index in [-0.39, 0.29) is 0 Å². The van der Waals surface area contributed by atoms with Crippen LogP contribution in [0.25, 0.3) is 0 Å². The summed E-state index contributed by atoms with van der Waals surface area (Å²) in [5, 5.41) is 0. The van der Waals surface area contributed by atoms with Crippen LogP contribution in [-0.2, 0) is 4.74 Å². The molecule has 0 saturated carbocycles. The molecule has 0 aliphatic heterocycles. The molecule has 0 fully saturated rings. The average Bonchev–Trinajstić information content (AvgIpc) is 1.96. The SMILES string of the molecule is CCOCCCSCC(C)N. The molecule has 0 bridgehead atoms. The van der Waals surface area contributed by atoms with Gasteiger partial charge in [-0.1, -0.05) is 0 Å². The lowest BCUT2D eigenvalue weighted by Crippen LogP contribution is -2.17. The zero-order chi connectivity index (χ0) is 8.53. The van der Waals surface area contributed by atoms with Crippen LogP contribution >= 0.6 is 11.8 Å². The van der Waals surface area contributed by atoms with Crippen LogP contribution in [0.3, 0.4) is 0 Å². The first-order valence-corrected chi connectivity index (χ1v) is 5.34. The number of nitrogens with two attached hydrogens (primary N) is 1. The summed E-state index contributed by atoms with van der Waals surface area (Å²) >= 11 is 1.91. The van der Waals surface area contributed by atoms with Gasteiger partial charge in [0.05, 0.1) is 0 Å². The highest BCUT2D eigenvalue weighted by molar-refractivity contribution is 7.99. The molecule has 0 radical (unpaired) electrons. The molecule has 0 heterocycles. The van der Waals surface area contributed by atoms with Gasteiger partial charge in [0.1, 0.15) is 0 Å². The summed E-state index contributed by atoms with van der Waals surface area (Å²) in [7, 11) is 0. The highest BCUT2D eigenvalue weighted by atomic mass is 32.2. The fraction of sp³-hybridized carbons (Fsp3) is 1.00. The van der Waals surface area contributed by atoms with E-state index >= 15 is 0 Å². The van der Waals surface area contributed by atoms with E-state index in [9.17, 15) is 0 Å². The van der Waals surface area contributed by atoms with E-state index in [0.29, 0.717) is 6.04 Å². The molecule has 0 aromatic rings. The Morgan fingerprint density at radius 2 is 2.27 bits per heavy atom. The maximum absolute atomic E-state index is 5.58. The van der Waals surface area contributed by atoms with Crippen LogP contribution < -0.4 is 5.73 Å². The van der Waals surface area contributed by atoms with Crippen molar-refractivity contribution in [3.63, 3.8) is 0 Å². The maximum Gasteiger partial charge on any atom is 0.0473 e. The van der Waals surface area contributed by atoms with Crippen LogP contribution in [0.4, 0.5) is 0 Å². The van der Waals surface area contributed by atoms with E-state index in [0.717, 1.165) is 25.4 Å². The minimum Gasteiger partial charge on any atom is -0.382 e. The van der Waals surface area contributed by atoms with Gasteiger partial charge < -0.3 is 10.5 Å². The highest BCUT2D eigenvalue weighted by Crippen LogP contribution is 2.03. The summed E-state index contributed by atoms with van der Waals surface area (Å²) < 4.78 is 5.20. The Bertz CT molecular complexity index is 78.5. The third-order valence-corrected chi connectivity index (χ3v) is 2.50. The summed E-state index contributed by atoms with van der Waals surface area (Å²) in [5.41, 5.74) is 5.58. The molecule has 0 saturated heterocycles. The van der Waals surface area contributed by atoms with Gasteiger partial charge in [0.2, 0.25) is 0 Å². The Balaban J connectivity index is 2.80. The maximum atomic E-state index is 5.58. The molecular formula is C8H19NOS. The molecule has 2 N–H and O–H groups in total. The molecule has 68 valence electrons. The largest absolute Gasteiger partial charge is 0.382 e. The lowest BCUT2D eigenvalue weighted by Gasteiger charge is -2.04. The van der Waals surface area contributed by atoms with Crippen molar-refractivity contribution < 1.29 is 4.74 Å². The van der Waals surface area contributed by atoms with Crippen LogP contribution in [0.1, 0.15) is 20.3 Å². The number of hydrogen-bond donors (Lipinski definition) is 1. The molecule has 1 unspecified atom stereocenters. The van der Waals surface area contributed by atoms with E-state index in [1.165, 1.54) is 5.75 Å². The van der Waals surface area contributed by atoms with Gasteiger partial charge in [-0.05, 0) is 26.0 Å². The Labute approximate surface area is 73.9 Å². The Morgan fingerprint density at radius 1 is 1.55 bits per heavy atom. The first-order valence-electron chi connectivity index (χ1n) is 4.18. The predicted octanol–water partition coefficient (Wildman–Crippen LogP) is 1.49. The van der Waals surface area contributed by atoms with E-state index < -0.39 is 0 Å². The second kappa shape index (κ2) is 8.37. The summed E-state index contributed by atoms with van der Waals surface area (Å²) in [5.74, 6) is 2.23. The van der Waals surface area contributed by atoms with Crippen molar-refractivity contribution >= 4 is 11.8 Å². The molecule has 11 heavy (non-hydrogen) atoms. The van der Waals surface area contributed by atoms with Crippen molar-refractivity contribution in [3.8, 4) is 0 Å². The van der Waals surface area contributed by atoms with Crippen LogP contribution in [0.15, 0.2) is 0 Å². The highest BCUT2D eigenvalue weighted by Gasteiger charge is 1.93. The third kappa shape index (κ3) is 10.3. The first-order chi connectivity index (χ1) is 5.27. The monoisotopic (exact) mass is 177 g/mol. The number of thioether (sulfide) groups is 1. The number of rotatable bonds is 7. The standard InChI is InChI=1S/C8H19NOS/c1-3-10-5-4-6-11-7-8(2)9/h8H,3-7,9H2,1-2H3. The van der Waals surface area contributed by atoms with E-state index in [1.54, 1.807) is 0 Å². The lowest BCUT2D eigenvalue weighted by molar-refractivity contribution is 0.149. The fourth-order valence-electron chi connectivity index (χ4n) is 0.677. The van der Waals surface area contributed by atoms with Gasteiger partial charge in [-0.15, -0.1) is 0 Å². The molecule has 3 heteroatoms. The average molecular weight is 177 g/mol. The minimum atomic E-state index is 0.326. The molecule has 0 aromatic heterocycles. The van der Waals surface area contributed by atoms with Crippen LogP contribution in [-0.4, -0.2) is 30.8 Å². The summed E-state index contributed by atoms with van der Waals surface area (Å²) in [6, 6.07) is 0.326. The summed E-state index contributed by atoms with van der Waals surface area (Å²) in [6.07, 6.45) is 1.14. The Hall–Kier alpha value is 0.270. The zero-order valence-electron chi connectivity index (χ0n) is 7.51. The summed E-state index contributed by atoms with van der Waals surface area (Å²) in [4.78, 5) is 0. The third-order valence-electron chi connectivity index (χ3n) is 1.16. The van der Waals surface area contributed by atoms with Gasteiger partial charge >= 0.3 is 0 Å². The van der Waals surface area contributed by atoms with Crippen molar-refractivity contribution in [1.29, 1.82) is 0 Å². The Morgan fingerprint density at radius 3 is 2.82 bits per heavy atom. The van der Waals surface area contributed by atoms with Crippen molar-refractivity contribution in [2.24, 2.45) is 5.73 Å². The van der Waals surface area contributed by atoms with Crippen LogP contribution in [0.2, 0.25) is 0 Å². The van der Waals surface area contributed by atoms with E-state index in [4.69, 9.17) is 10.5 Å². The van der Waals surface area contributed by atoms with Crippen molar-refractivity contribution in [2.45, 2.75) is 26.3 Å². The van der Waals surface area contributed by atoms with Crippen LogP contribution in [0, 0.1) is 0 Å². The minimum absolute atomic E-state index is 0.326. The second-order valence-electron chi connectivity index (χ2n) is 2.60. The predicted molar refractivity (Wildman–Crippen MR) is 52.1 cm³/mol. The first kappa shape index (κ1) is 11.3. The van der Waals surface area contributed by atoms with E-state index in [1.807, 2.05) is 25.6 Å². The lowest BCUT2D eigenvalue weighted by atomic mass is 10.4. The second-order valence-corrected chi connectivity index (χ2v) is 3.75. The topological polar surface area (TPSA) is 35.2 Å². The number of hydrogen-bond acceptors (Lipinski definition) is 3. The van der Waals surface area contributed by atoms with Gasteiger partial charge in [0.25, 0.3) is 0 Å². The number of ether oxygens (including phenoxy) is 1. The molecular weight excluding hydrogens is 158 g/mol.